The smallest absolute Gasteiger partial charge is 0.197 e. The molecule has 0 bridgehead atoms. The van der Waals surface area contributed by atoms with Crippen molar-refractivity contribution in [1.29, 1.82) is 0 Å². The van der Waals surface area contributed by atoms with Gasteiger partial charge in [0, 0.05) is 11.8 Å². The van der Waals surface area contributed by atoms with Gasteiger partial charge in [-0.1, -0.05) is 19.1 Å². The fraction of sp³-hybridized carbons (Fsp3) is 0.294. The van der Waals surface area contributed by atoms with Gasteiger partial charge in [-0.15, -0.1) is 0 Å². The van der Waals surface area contributed by atoms with E-state index in [9.17, 15) is 4.21 Å². The lowest BCUT2D eigenvalue weighted by Gasteiger charge is -2.10. The zero-order valence-electron chi connectivity index (χ0n) is 13.2. The molecule has 2 aromatic heterocycles. The van der Waals surface area contributed by atoms with Crippen LogP contribution in [0.4, 0.5) is 0 Å². The predicted molar refractivity (Wildman–Crippen MR) is 91.0 cm³/mol. The summed E-state index contributed by atoms with van der Waals surface area (Å²) in [7, 11) is -1.28. The van der Waals surface area contributed by atoms with Gasteiger partial charge in [-0.25, -0.2) is 4.98 Å². The number of rotatable bonds is 6. The van der Waals surface area contributed by atoms with Crippen molar-refractivity contribution in [3.8, 4) is 5.75 Å². The SMILES string of the molecule is CCCOc1ccnc(CS(=O)c2nc3ccccc3[nH]2)c1C. The quantitative estimate of drug-likeness (QED) is 0.753. The minimum absolute atomic E-state index is 0.314. The molecule has 0 saturated carbocycles. The molecule has 1 atom stereocenters. The van der Waals surface area contributed by atoms with Crippen LogP contribution in [0, 0.1) is 6.92 Å². The third-order valence-electron chi connectivity index (χ3n) is 3.57. The van der Waals surface area contributed by atoms with Crippen LogP contribution in [-0.2, 0) is 16.6 Å². The van der Waals surface area contributed by atoms with Crippen LogP contribution in [0.3, 0.4) is 0 Å². The fourth-order valence-electron chi connectivity index (χ4n) is 2.30. The Kier molecular flexibility index (Phi) is 4.71. The van der Waals surface area contributed by atoms with Crippen molar-refractivity contribution in [2.24, 2.45) is 0 Å². The van der Waals surface area contributed by atoms with Crippen LogP contribution < -0.4 is 4.74 Å². The number of pyridine rings is 1. The maximum atomic E-state index is 12.6. The zero-order valence-corrected chi connectivity index (χ0v) is 14.0. The highest BCUT2D eigenvalue weighted by Crippen LogP contribution is 2.22. The summed E-state index contributed by atoms with van der Waals surface area (Å²) in [6.45, 7) is 4.67. The van der Waals surface area contributed by atoms with Crippen molar-refractivity contribution in [2.75, 3.05) is 6.61 Å². The molecule has 1 N–H and O–H groups in total. The van der Waals surface area contributed by atoms with E-state index in [4.69, 9.17) is 4.74 Å². The molecule has 0 spiro atoms. The van der Waals surface area contributed by atoms with Crippen LogP contribution in [0.25, 0.3) is 11.0 Å². The lowest BCUT2D eigenvalue weighted by Crippen LogP contribution is -2.05. The molecule has 0 radical (unpaired) electrons. The number of imidazole rings is 1. The monoisotopic (exact) mass is 329 g/mol. The molecule has 3 aromatic rings. The maximum absolute atomic E-state index is 12.6. The van der Waals surface area contributed by atoms with Gasteiger partial charge in [0.2, 0.25) is 0 Å². The van der Waals surface area contributed by atoms with Gasteiger partial charge in [-0.2, -0.15) is 0 Å². The lowest BCUT2D eigenvalue weighted by atomic mass is 10.2. The van der Waals surface area contributed by atoms with E-state index >= 15 is 0 Å². The molecule has 3 rings (SSSR count). The molecule has 0 aliphatic rings. The Morgan fingerprint density at radius 1 is 1.26 bits per heavy atom. The van der Waals surface area contributed by atoms with Gasteiger partial charge in [0.25, 0.3) is 0 Å². The first kappa shape index (κ1) is 15.7. The topological polar surface area (TPSA) is 67.9 Å². The van der Waals surface area contributed by atoms with E-state index in [0.29, 0.717) is 17.5 Å². The van der Waals surface area contributed by atoms with E-state index in [1.807, 2.05) is 37.3 Å². The Morgan fingerprint density at radius 2 is 2.09 bits per heavy atom. The van der Waals surface area contributed by atoms with E-state index in [0.717, 1.165) is 34.5 Å². The summed E-state index contributed by atoms with van der Waals surface area (Å²) in [5, 5.41) is 0.479. The second-order valence-electron chi connectivity index (χ2n) is 5.28. The molecule has 6 heteroatoms. The standard InChI is InChI=1S/C17H19N3O2S/c1-3-10-22-16-8-9-18-15(12(16)2)11-23(21)17-19-13-6-4-5-7-14(13)20-17/h4-9H,3,10-11H2,1-2H3,(H,19,20). The van der Waals surface area contributed by atoms with Gasteiger partial charge >= 0.3 is 0 Å². The fourth-order valence-corrected chi connectivity index (χ4v) is 3.40. The Bertz CT molecular complexity index is 812. The van der Waals surface area contributed by atoms with E-state index in [-0.39, 0.29) is 0 Å². The average Bonchev–Trinajstić information content (AvgIpc) is 3.00. The van der Waals surface area contributed by atoms with Gasteiger partial charge in [0.15, 0.2) is 5.16 Å². The van der Waals surface area contributed by atoms with Crippen molar-refractivity contribution in [3.63, 3.8) is 0 Å². The highest BCUT2D eigenvalue weighted by molar-refractivity contribution is 7.84. The van der Waals surface area contributed by atoms with Crippen LogP contribution in [0.15, 0.2) is 41.7 Å². The Balaban J connectivity index is 1.82. The highest BCUT2D eigenvalue weighted by atomic mass is 32.2. The number of fused-ring (bicyclic) bond motifs is 1. The zero-order chi connectivity index (χ0) is 16.2. The molecule has 23 heavy (non-hydrogen) atoms. The first-order valence-electron chi connectivity index (χ1n) is 7.59. The van der Waals surface area contributed by atoms with Crippen molar-refractivity contribution < 1.29 is 8.95 Å². The first-order valence-corrected chi connectivity index (χ1v) is 8.91. The van der Waals surface area contributed by atoms with E-state index in [1.165, 1.54) is 0 Å². The van der Waals surface area contributed by atoms with E-state index in [1.54, 1.807) is 6.20 Å². The summed E-state index contributed by atoms with van der Waals surface area (Å²) in [6.07, 6.45) is 2.64. The molecular formula is C17H19N3O2S. The minimum Gasteiger partial charge on any atom is -0.493 e. The van der Waals surface area contributed by atoms with Crippen LogP contribution in [0.2, 0.25) is 0 Å². The predicted octanol–water partition coefficient (Wildman–Crippen LogP) is 3.36. The van der Waals surface area contributed by atoms with Gasteiger partial charge in [0.05, 0.1) is 39.9 Å². The van der Waals surface area contributed by atoms with Crippen LogP contribution in [0.1, 0.15) is 24.6 Å². The highest BCUT2D eigenvalue weighted by Gasteiger charge is 2.14. The van der Waals surface area contributed by atoms with Gasteiger partial charge in [-0.3, -0.25) is 9.19 Å². The molecular weight excluding hydrogens is 310 g/mol. The molecule has 0 aliphatic carbocycles. The van der Waals surface area contributed by atoms with Crippen molar-refractivity contribution in [1.82, 2.24) is 15.0 Å². The number of nitrogens with one attached hydrogen (secondary N) is 1. The lowest BCUT2D eigenvalue weighted by molar-refractivity contribution is 0.314. The number of H-pyrrole nitrogens is 1. The molecule has 2 heterocycles. The third-order valence-corrected chi connectivity index (χ3v) is 4.73. The number of hydrogen-bond acceptors (Lipinski definition) is 4. The number of hydrogen-bond donors (Lipinski definition) is 1. The van der Waals surface area contributed by atoms with E-state index in [2.05, 4.69) is 21.9 Å². The molecule has 1 unspecified atom stereocenters. The summed E-state index contributed by atoms with van der Waals surface area (Å²) in [5.74, 6) is 1.12. The Morgan fingerprint density at radius 3 is 2.87 bits per heavy atom. The largest absolute Gasteiger partial charge is 0.493 e. The number of nitrogens with zero attached hydrogens (tertiary/aromatic N) is 2. The second kappa shape index (κ2) is 6.91. The molecule has 0 amide bonds. The van der Waals surface area contributed by atoms with E-state index < -0.39 is 10.8 Å². The summed E-state index contributed by atoms with van der Waals surface area (Å²) >= 11 is 0. The summed E-state index contributed by atoms with van der Waals surface area (Å²) in [4.78, 5) is 11.9. The van der Waals surface area contributed by atoms with Crippen molar-refractivity contribution >= 4 is 21.8 Å². The number of ether oxygens (including phenoxy) is 1. The van der Waals surface area contributed by atoms with Crippen molar-refractivity contribution in [3.05, 3.63) is 47.8 Å². The third kappa shape index (κ3) is 3.42. The van der Waals surface area contributed by atoms with Crippen LogP contribution in [-0.4, -0.2) is 25.8 Å². The summed E-state index contributed by atoms with van der Waals surface area (Å²) in [5.41, 5.74) is 3.42. The molecule has 0 fully saturated rings. The number of aromatic nitrogens is 3. The van der Waals surface area contributed by atoms with Crippen LogP contribution >= 0.6 is 0 Å². The molecule has 1 aromatic carbocycles. The van der Waals surface area contributed by atoms with Gasteiger partial charge in [-0.05, 0) is 31.5 Å². The Hall–Kier alpha value is -2.21. The van der Waals surface area contributed by atoms with Gasteiger partial charge < -0.3 is 9.72 Å². The molecule has 5 nitrogen and oxygen atoms in total. The molecule has 0 saturated heterocycles. The van der Waals surface area contributed by atoms with Crippen molar-refractivity contribution in [2.45, 2.75) is 31.2 Å². The summed E-state index contributed by atoms with van der Waals surface area (Å²) < 4.78 is 18.3. The number of aromatic amines is 1. The number of para-hydroxylation sites is 2. The maximum Gasteiger partial charge on any atom is 0.197 e. The van der Waals surface area contributed by atoms with Crippen LogP contribution in [0.5, 0.6) is 5.75 Å². The van der Waals surface area contributed by atoms with Gasteiger partial charge in [0.1, 0.15) is 5.75 Å². The normalized spacial score (nSPS) is 12.4. The Labute approximate surface area is 137 Å². The first-order chi connectivity index (χ1) is 11.2. The average molecular weight is 329 g/mol. The minimum atomic E-state index is -1.28. The molecule has 120 valence electrons. The molecule has 0 aliphatic heterocycles. The second-order valence-corrected chi connectivity index (χ2v) is 6.64. The summed E-state index contributed by atoms with van der Waals surface area (Å²) in [6, 6.07) is 9.50. The number of benzene rings is 1.